The molecule has 2 aromatic rings. The Morgan fingerprint density at radius 1 is 0.920 bits per heavy atom. The average Bonchev–Trinajstić information content (AvgIpc) is 2.64. The molecule has 2 aromatic carbocycles. The molecule has 0 N–H and O–H groups in total. The average molecular weight is 359 g/mol. The van der Waals surface area contributed by atoms with Crippen molar-refractivity contribution in [1.29, 1.82) is 0 Å². The molecule has 0 saturated carbocycles. The van der Waals surface area contributed by atoms with E-state index >= 15 is 0 Å². The molecule has 0 amide bonds. The molecular formula is C21H27ClN2O. The number of rotatable bonds is 7. The SMILES string of the molecule is CCOc1ccc(CN2CCN(CCc3ccccc3)CC2)cc1Cl. The van der Waals surface area contributed by atoms with Gasteiger partial charge in [0.25, 0.3) is 0 Å². The fourth-order valence-corrected chi connectivity index (χ4v) is 3.53. The van der Waals surface area contributed by atoms with E-state index in [-0.39, 0.29) is 0 Å². The zero-order chi connectivity index (χ0) is 17.5. The Hall–Kier alpha value is -1.55. The van der Waals surface area contributed by atoms with E-state index in [0.717, 1.165) is 51.4 Å². The third-order valence-corrected chi connectivity index (χ3v) is 5.02. The molecule has 1 aliphatic heterocycles. The molecule has 25 heavy (non-hydrogen) atoms. The third kappa shape index (κ3) is 5.46. The summed E-state index contributed by atoms with van der Waals surface area (Å²) in [5.41, 5.74) is 2.68. The van der Waals surface area contributed by atoms with Crippen molar-refractivity contribution in [1.82, 2.24) is 9.80 Å². The second kappa shape index (κ2) is 9.23. The fourth-order valence-electron chi connectivity index (χ4n) is 3.28. The molecule has 134 valence electrons. The molecule has 0 atom stereocenters. The first kappa shape index (κ1) is 18.2. The summed E-state index contributed by atoms with van der Waals surface area (Å²) < 4.78 is 5.51. The van der Waals surface area contributed by atoms with Crippen molar-refractivity contribution >= 4 is 11.6 Å². The number of halogens is 1. The Morgan fingerprint density at radius 3 is 2.32 bits per heavy atom. The largest absolute Gasteiger partial charge is 0.492 e. The highest BCUT2D eigenvalue weighted by Crippen LogP contribution is 2.26. The van der Waals surface area contributed by atoms with Gasteiger partial charge in [0.05, 0.1) is 11.6 Å². The van der Waals surface area contributed by atoms with Crippen molar-refractivity contribution in [3.8, 4) is 5.75 Å². The summed E-state index contributed by atoms with van der Waals surface area (Å²) in [5, 5.41) is 0.709. The molecule has 0 radical (unpaired) electrons. The zero-order valence-electron chi connectivity index (χ0n) is 15.0. The molecule has 3 rings (SSSR count). The molecule has 1 heterocycles. The lowest BCUT2D eigenvalue weighted by molar-refractivity contribution is 0.128. The Kier molecular flexibility index (Phi) is 6.74. The monoisotopic (exact) mass is 358 g/mol. The summed E-state index contributed by atoms with van der Waals surface area (Å²) in [4.78, 5) is 5.07. The van der Waals surface area contributed by atoms with E-state index in [1.54, 1.807) is 0 Å². The van der Waals surface area contributed by atoms with Crippen molar-refractivity contribution in [3.63, 3.8) is 0 Å². The number of piperazine rings is 1. The van der Waals surface area contributed by atoms with Crippen molar-refractivity contribution in [3.05, 3.63) is 64.7 Å². The van der Waals surface area contributed by atoms with Crippen LogP contribution in [0, 0.1) is 0 Å². The summed E-state index contributed by atoms with van der Waals surface area (Å²) in [7, 11) is 0. The first-order valence-corrected chi connectivity index (χ1v) is 9.52. The lowest BCUT2D eigenvalue weighted by atomic mass is 10.1. The number of ether oxygens (including phenoxy) is 1. The highest BCUT2D eigenvalue weighted by Gasteiger charge is 2.17. The number of nitrogens with zero attached hydrogens (tertiary/aromatic N) is 2. The molecule has 0 unspecified atom stereocenters. The highest BCUT2D eigenvalue weighted by molar-refractivity contribution is 6.32. The van der Waals surface area contributed by atoms with Gasteiger partial charge in [-0.3, -0.25) is 4.90 Å². The van der Waals surface area contributed by atoms with Gasteiger partial charge in [-0.15, -0.1) is 0 Å². The summed E-state index contributed by atoms with van der Waals surface area (Å²) in [6.45, 7) is 9.21. The van der Waals surface area contributed by atoms with Crippen LogP contribution in [0.4, 0.5) is 0 Å². The predicted octanol–water partition coefficient (Wildman–Crippen LogP) is 4.10. The van der Waals surface area contributed by atoms with Crippen LogP contribution < -0.4 is 4.74 Å². The molecule has 0 spiro atoms. The van der Waals surface area contributed by atoms with E-state index in [1.165, 1.54) is 11.1 Å². The van der Waals surface area contributed by atoms with E-state index in [2.05, 4.69) is 46.2 Å². The van der Waals surface area contributed by atoms with Gasteiger partial charge >= 0.3 is 0 Å². The summed E-state index contributed by atoms with van der Waals surface area (Å²) >= 11 is 6.30. The zero-order valence-corrected chi connectivity index (χ0v) is 15.7. The van der Waals surface area contributed by atoms with Crippen molar-refractivity contribution < 1.29 is 4.74 Å². The van der Waals surface area contributed by atoms with Crippen LogP contribution in [0.25, 0.3) is 0 Å². The third-order valence-electron chi connectivity index (χ3n) is 4.73. The maximum Gasteiger partial charge on any atom is 0.137 e. The first-order chi connectivity index (χ1) is 12.2. The van der Waals surface area contributed by atoms with Gasteiger partial charge in [-0.2, -0.15) is 0 Å². The van der Waals surface area contributed by atoms with Gasteiger partial charge in [0, 0.05) is 39.3 Å². The summed E-state index contributed by atoms with van der Waals surface area (Å²) in [6.07, 6.45) is 1.13. The van der Waals surface area contributed by atoms with Gasteiger partial charge in [0.2, 0.25) is 0 Å². The topological polar surface area (TPSA) is 15.7 Å². The molecule has 0 aliphatic carbocycles. The van der Waals surface area contributed by atoms with Crippen molar-refractivity contribution in [2.75, 3.05) is 39.3 Å². The van der Waals surface area contributed by atoms with E-state index in [4.69, 9.17) is 16.3 Å². The molecular weight excluding hydrogens is 332 g/mol. The molecule has 0 aromatic heterocycles. The van der Waals surface area contributed by atoms with Crippen molar-refractivity contribution in [2.45, 2.75) is 19.9 Å². The quantitative estimate of drug-likeness (QED) is 0.741. The normalized spacial score (nSPS) is 16.1. The van der Waals surface area contributed by atoms with Crippen molar-refractivity contribution in [2.24, 2.45) is 0 Å². The van der Waals surface area contributed by atoms with E-state index in [0.29, 0.717) is 11.6 Å². The van der Waals surface area contributed by atoms with E-state index in [9.17, 15) is 0 Å². The highest BCUT2D eigenvalue weighted by atomic mass is 35.5. The van der Waals surface area contributed by atoms with Gasteiger partial charge in [-0.05, 0) is 36.6 Å². The van der Waals surface area contributed by atoms with Gasteiger partial charge in [-0.1, -0.05) is 48.0 Å². The lowest BCUT2D eigenvalue weighted by Crippen LogP contribution is -2.46. The predicted molar refractivity (Wildman–Crippen MR) is 104 cm³/mol. The maximum absolute atomic E-state index is 6.30. The van der Waals surface area contributed by atoms with Gasteiger partial charge < -0.3 is 9.64 Å². The minimum Gasteiger partial charge on any atom is -0.492 e. The number of hydrogen-bond acceptors (Lipinski definition) is 3. The standard InChI is InChI=1S/C21H27ClN2O/c1-2-25-21-9-8-19(16-20(21)22)17-24-14-12-23(13-15-24)11-10-18-6-4-3-5-7-18/h3-9,16H,2,10-15,17H2,1H3. The second-order valence-corrected chi connectivity index (χ2v) is 6.96. The Labute approximate surface area is 156 Å². The van der Waals surface area contributed by atoms with Crippen LogP contribution in [-0.2, 0) is 13.0 Å². The van der Waals surface area contributed by atoms with Gasteiger partial charge in [0.15, 0.2) is 0 Å². The van der Waals surface area contributed by atoms with Crippen LogP contribution in [-0.4, -0.2) is 49.1 Å². The minimum absolute atomic E-state index is 0.643. The van der Waals surface area contributed by atoms with Crippen LogP contribution in [0.3, 0.4) is 0 Å². The molecule has 1 saturated heterocycles. The summed E-state index contributed by atoms with van der Waals surface area (Å²) in [5.74, 6) is 0.777. The number of hydrogen-bond donors (Lipinski definition) is 0. The molecule has 4 heteroatoms. The maximum atomic E-state index is 6.30. The van der Waals surface area contributed by atoms with E-state index < -0.39 is 0 Å². The fraction of sp³-hybridized carbons (Fsp3) is 0.429. The lowest BCUT2D eigenvalue weighted by Gasteiger charge is -2.34. The van der Waals surface area contributed by atoms with Crippen LogP contribution in [0.15, 0.2) is 48.5 Å². The Balaban J connectivity index is 1.44. The van der Waals surface area contributed by atoms with Crippen LogP contribution in [0.1, 0.15) is 18.1 Å². The van der Waals surface area contributed by atoms with Crippen LogP contribution >= 0.6 is 11.6 Å². The van der Waals surface area contributed by atoms with Gasteiger partial charge in [-0.25, -0.2) is 0 Å². The molecule has 1 fully saturated rings. The molecule has 1 aliphatic rings. The van der Waals surface area contributed by atoms with Gasteiger partial charge in [0.1, 0.15) is 5.75 Å². The van der Waals surface area contributed by atoms with Crippen LogP contribution in [0.2, 0.25) is 5.02 Å². The first-order valence-electron chi connectivity index (χ1n) is 9.14. The smallest absolute Gasteiger partial charge is 0.137 e. The minimum atomic E-state index is 0.643. The number of benzene rings is 2. The Bertz CT molecular complexity index is 654. The molecule has 0 bridgehead atoms. The summed E-state index contributed by atoms with van der Waals surface area (Å²) in [6, 6.07) is 16.9. The molecule has 3 nitrogen and oxygen atoms in total. The second-order valence-electron chi connectivity index (χ2n) is 6.55. The van der Waals surface area contributed by atoms with Crippen LogP contribution in [0.5, 0.6) is 5.75 Å². The Morgan fingerprint density at radius 2 is 1.64 bits per heavy atom. The van der Waals surface area contributed by atoms with E-state index in [1.807, 2.05) is 19.1 Å².